The van der Waals surface area contributed by atoms with Gasteiger partial charge in [0.25, 0.3) is 15.9 Å². The van der Waals surface area contributed by atoms with E-state index in [-0.39, 0.29) is 30.7 Å². The molecule has 3 aromatic rings. The van der Waals surface area contributed by atoms with E-state index in [1.165, 1.54) is 12.1 Å². The second kappa shape index (κ2) is 8.39. The van der Waals surface area contributed by atoms with E-state index in [9.17, 15) is 13.2 Å². The van der Waals surface area contributed by atoms with Crippen LogP contribution < -0.4 is 19.5 Å². The number of fused-ring (bicyclic) bond motifs is 1. The first-order valence-electron chi connectivity index (χ1n) is 8.92. The first kappa shape index (κ1) is 20.3. The van der Waals surface area contributed by atoms with E-state index in [2.05, 4.69) is 10.0 Å². The Balaban J connectivity index is 1.38. The Kier molecular flexibility index (Phi) is 5.67. The van der Waals surface area contributed by atoms with Gasteiger partial charge in [-0.2, -0.15) is 0 Å². The topological polar surface area (TPSA) is 107 Å². The maximum Gasteiger partial charge on any atom is 0.287 e. The molecule has 0 radical (unpaired) electrons. The summed E-state index contributed by atoms with van der Waals surface area (Å²) in [6.45, 7) is 0.343. The molecule has 1 amide bonds. The summed E-state index contributed by atoms with van der Waals surface area (Å²) in [4.78, 5) is 12.3. The molecule has 2 aromatic carbocycles. The van der Waals surface area contributed by atoms with Gasteiger partial charge in [0.1, 0.15) is 0 Å². The van der Waals surface area contributed by atoms with Gasteiger partial charge >= 0.3 is 0 Å². The van der Waals surface area contributed by atoms with Crippen LogP contribution in [0.5, 0.6) is 11.5 Å². The molecule has 30 heavy (non-hydrogen) atoms. The molecular weight excluding hydrogens is 432 g/mol. The molecule has 2 N–H and O–H groups in total. The predicted octanol–water partition coefficient (Wildman–Crippen LogP) is 3.07. The average Bonchev–Trinajstić information content (AvgIpc) is 3.41. The van der Waals surface area contributed by atoms with Gasteiger partial charge in [-0.25, -0.2) is 13.1 Å². The van der Waals surface area contributed by atoms with Crippen molar-refractivity contribution in [2.45, 2.75) is 18.2 Å². The minimum absolute atomic E-state index is 0.0215. The molecule has 1 aromatic heterocycles. The lowest BCUT2D eigenvalue weighted by Gasteiger charge is -2.06. The number of rotatable bonds is 7. The quantitative estimate of drug-likeness (QED) is 0.575. The van der Waals surface area contributed by atoms with Crippen molar-refractivity contribution in [3.05, 3.63) is 76.5 Å². The monoisotopic (exact) mass is 448 g/mol. The summed E-state index contributed by atoms with van der Waals surface area (Å²) in [5, 5.41) is 2.81. The van der Waals surface area contributed by atoms with Crippen molar-refractivity contribution in [1.82, 2.24) is 10.0 Å². The van der Waals surface area contributed by atoms with Gasteiger partial charge in [-0.3, -0.25) is 4.79 Å². The minimum atomic E-state index is -3.95. The number of carbonyl (C=O) groups excluding carboxylic acids is 1. The summed E-state index contributed by atoms with van der Waals surface area (Å²) in [7, 11) is -3.95. The molecular formula is C20H17ClN2O6S. The van der Waals surface area contributed by atoms with Crippen LogP contribution in [0.15, 0.2) is 64.1 Å². The van der Waals surface area contributed by atoms with Crippen LogP contribution in [-0.4, -0.2) is 21.1 Å². The summed E-state index contributed by atoms with van der Waals surface area (Å²) < 4.78 is 43.2. The van der Waals surface area contributed by atoms with E-state index in [1.807, 2.05) is 0 Å². The van der Waals surface area contributed by atoms with E-state index >= 15 is 0 Å². The van der Waals surface area contributed by atoms with E-state index in [0.717, 1.165) is 5.56 Å². The number of hydrogen-bond acceptors (Lipinski definition) is 6. The molecule has 0 atom stereocenters. The third-order valence-corrected chi connectivity index (χ3v) is 6.01. The van der Waals surface area contributed by atoms with E-state index in [4.69, 9.17) is 25.5 Å². The largest absolute Gasteiger partial charge is 0.454 e. The molecule has 10 heteroatoms. The van der Waals surface area contributed by atoms with Crippen molar-refractivity contribution in [1.29, 1.82) is 0 Å². The second-order valence-electron chi connectivity index (χ2n) is 6.40. The standard InChI is InChI=1S/C20H17ClN2O6S/c21-15-4-2-1-3-14(15)11-22-20(24)17-7-8-19(29-17)30(25,26)23-10-13-5-6-16-18(9-13)28-12-27-16/h1-9,23H,10-12H2,(H,22,24). The van der Waals surface area contributed by atoms with E-state index in [1.54, 1.807) is 42.5 Å². The number of nitrogens with one attached hydrogen (secondary N) is 2. The number of furan rings is 1. The Morgan fingerprint density at radius 2 is 1.80 bits per heavy atom. The molecule has 0 fully saturated rings. The summed E-state index contributed by atoms with van der Waals surface area (Å²) in [6, 6.07) is 14.7. The van der Waals surface area contributed by atoms with Gasteiger partial charge in [0.05, 0.1) is 0 Å². The van der Waals surface area contributed by atoms with Gasteiger partial charge in [0.15, 0.2) is 17.3 Å². The van der Waals surface area contributed by atoms with Crippen molar-refractivity contribution in [2.24, 2.45) is 0 Å². The predicted molar refractivity (Wildman–Crippen MR) is 108 cm³/mol. The Morgan fingerprint density at radius 3 is 2.63 bits per heavy atom. The first-order valence-corrected chi connectivity index (χ1v) is 10.8. The average molecular weight is 449 g/mol. The van der Waals surface area contributed by atoms with E-state index < -0.39 is 15.9 Å². The number of halogens is 1. The lowest BCUT2D eigenvalue weighted by Crippen LogP contribution is -2.23. The summed E-state index contributed by atoms with van der Waals surface area (Å²) in [6.07, 6.45) is 0. The zero-order valence-electron chi connectivity index (χ0n) is 15.6. The van der Waals surface area contributed by atoms with Crippen LogP contribution in [0.4, 0.5) is 0 Å². The fraction of sp³-hybridized carbons (Fsp3) is 0.150. The molecule has 4 rings (SSSR count). The van der Waals surface area contributed by atoms with Gasteiger partial charge in [-0.05, 0) is 41.5 Å². The molecule has 8 nitrogen and oxygen atoms in total. The van der Waals surface area contributed by atoms with Crippen LogP contribution in [0.3, 0.4) is 0 Å². The zero-order chi connectivity index (χ0) is 21.1. The Morgan fingerprint density at radius 1 is 1.00 bits per heavy atom. The molecule has 0 saturated carbocycles. The van der Waals surface area contributed by atoms with Gasteiger partial charge < -0.3 is 19.2 Å². The Labute approximate surface area is 177 Å². The molecule has 0 saturated heterocycles. The molecule has 0 aliphatic carbocycles. The SMILES string of the molecule is O=C(NCc1ccccc1Cl)c1ccc(S(=O)(=O)NCc2ccc3c(c2)OCO3)o1. The molecule has 1 aliphatic heterocycles. The lowest BCUT2D eigenvalue weighted by molar-refractivity contribution is 0.0918. The Hall–Kier alpha value is -3.01. The van der Waals surface area contributed by atoms with Crippen molar-refractivity contribution in [3.8, 4) is 11.5 Å². The van der Waals surface area contributed by atoms with Crippen LogP contribution >= 0.6 is 11.6 Å². The van der Waals surface area contributed by atoms with Crippen LogP contribution in [0.25, 0.3) is 0 Å². The summed E-state index contributed by atoms with van der Waals surface area (Å²) in [5.74, 6) is 0.500. The van der Waals surface area contributed by atoms with Gasteiger partial charge in [-0.15, -0.1) is 0 Å². The summed E-state index contributed by atoms with van der Waals surface area (Å²) >= 11 is 6.06. The van der Waals surface area contributed by atoms with E-state index in [0.29, 0.717) is 22.1 Å². The zero-order valence-corrected chi connectivity index (χ0v) is 17.1. The van der Waals surface area contributed by atoms with Crippen molar-refractivity contribution in [3.63, 3.8) is 0 Å². The maximum absolute atomic E-state index is 12.5. The number of sulfonamides is 1. The van der Waals surface area contributed by atoms with Gasteiger partial charge in [-0.1, -0.05) is 35.9 Å². The summed E-state index contributed by atoms with van der Waals surface area (Å²) in [5.41, 5.74) is 1.42. The minimum Gasteiger partial charge on any atom is -0.454 e. The first-order chi connectivity index (χ1) is 14.4. The molecule has 0 spiro atoms. The molecule has 156 valence electrons. The molecule has 0 bridgehead atoms. The molecule has 2 heterocycles. The van der Waals surface area contributed by atoms with Crippen molar-refractivity contribution < 1.29 is 27.1 Å². The normalized spacial score (nSPS) is 12.7. The Bertz CT molecular complexity index is 1190. The lowest BCUT2D eigenvalue weighted by atomic mass is 10.2. The third-order valence-electron chi connectivity index (χ3n) is 4.37. The molecule has 0 unspecified atom stereocenters. The van der Waals surface area contributed by atoms with Crippen LogP contribution in [-0.2, 0) is 23.1 Å². The van der Waals surface area contributed by atoms with Gasteiger partial charge in [0.2, 0.25) is 11.9 Å². The number of ether oxygens (including phenoxy) is 2. The highest BCUT2D eigenvalue weighted by Gasteiger charge is 2.22. The second-order valence-corrected chi connectivity index (χ2v) is 8.51. The number of hydrogen-bond donors (Lipinski definition) is 2. The van der Waals surface area contributed by atoms with Crippen LogP contribution in [0, 0.1) is 0 Å². The highest BCUT2D eigenvalue weighted by atomic mass is 35.5. The van der Waals surface area contributed by atoms with Crippen LogP contribution in [0.1, 0.15) is 21.7 Å². The van der Waals surface area contributed by atoms with Crippen molar-refractivity contribution >= 4 is 27.5 Å². The number of carbonyl (C=O) groups is 1. The number of amides is 1. The van der Waals surface area contributed by atoms with Gasteiger partial charge in [0, 0.05) is 18.1 Å². The highest BCUT2D eigenvalue weighted by molar-refractivity contribution is 7.89. The molecule has 1 aliphatic rings. The third kappa shape index (κ3) is 4.43. The number of benzene rings is 2. The smallest absolute Gasteiger partial charge is 0.287 e. The van der Waals surface area contributed by atoms with Crippen LogP contribution in [0.2, 0.25) is 5.02 Å². The highest BCUT2D eigenvalue weighted by Crippen LogP contribution is 2.32. The fourth-order valence-corrected chi connectivity index (χ4v) is 3.94. The van der Waals surface area contributed by atoms with Crippen molar-refractivity contribution in [2.75, 3.05) is 6.79 Å². The maximum atomic E-state index is 12.5. The fourth-order valence-electron chi connectivity index (χ4n) is 2.79.